The summed E-state index contributed by atoms with van der Waals surface area (Å²) in [6.07, 6.45) is 0. The molecule has 2 aromatic rings. The number of carbonyl (C=O) groups excluding carboxylic acids is 3. The molecule has 166 valence electrons. The van der Waals surface area contributed by atoms with Gasteiger partial charge in [-0.05, 0) is 62.4 Å². The summed E-state index contributed by atoms with van der Waals surface area (Å²) in [5, 5.41) is 2.47. The lowest BCUT2D eigenvalue weighted by Crippen LogP contribution is -2.40. The summed E-state index contributed by atoms with van der Waals surface area (Å²) < 4.78 is 49.1. The van der Waals surface area contributed by atoms with E-state index < -0.39 is 46.3 Å². The predicted octanol–water partition coefficient (Wildman–Crippen LogP) is 1.85. The van der Waals surface area contributed by atoms with Crippen molar-refractivity contribution in [3.05, 3.63) is 59.9 Å². The van der Waals surface area contributed by atoms with Crippen LogP contribution in [0.15, 0.2) is 53.4 Å². The fourth-order valence-corrected chi connectivity index (χ4v) is 3.52. The zero-order chi connectivity index (χ0) is 23.0. The summed E-state index contributed by atoms with van der Waals surface area (Å²) in [5.74, 6) is -2.73. The van der Waals surface area contributed by atoms with Crippen molar-refractivity contribution in [2.75, 3.05) is 18.5 Å². The number of rotatable bonds is 9. The van der Waals surface area contributed by atoms with E-state index in [1.165, 1.54) is 31.2 Å². The minimum atomic E-state index is -4.08. The number of benzene rings is 2. The van der Waals surface area contributed by atoms with Crippen molar-refractivity contribution in [3.8, 4) is 0 Å². The second-order valence-corrected chi connectivity index (χ2v) is 7.96. The highest BCUT2D eigenvalue weighted by Crippen LogP contribution is 2.12. The van der Waals surface area contributed by atoms with Crippen molar-refractivity contribution in [1.82, 2.24) is 4.72 Å². The molecule has 0 saturated heterocycles. The summed E-state index contributed by atoms with van der Waals surface area (Å²) in [5.41, 5.74) is 0.674. The molecule has 0 aliphatic carbocycles. The Balaban J connectivity index is 1.85. The first kappa shape index (κ1) is 24.0. The molecular formula is C20H21FN2O7S. The van der Waals surface area contributed by atoms with Gasteiger partial charge >= 0.3 is 11.9 Å². The first-order chi connectivity index (χ1) is 14.6. The molecule has 0 heterocycles. The summed E-state index contributed by atoms with van der Waals surface area (Å²) in [6, 6.07) is 8.65. The van der Waals surface area contributed by atoms with Gasteiger partial charge in [0.1, 0.15) is 11.9 Å². The molecule has 0 aliphatic rings. The number of hydrogen-bond donors (Lipinski definition) is 2. The number of anilines is 1. The summed E-state index contributed by atoms with van der Waals surface area (Å²) in [7, 11) is -4.08. The van der Waals surface area contributed by atoms with Crippen molar-refractivity contribution in [2.45, 2.75) is 24.8 Å². The molecule has 0 aliphatic heterocycles. The molecule has 1 amide bonds. The highest BCUT2D eigenvalue weighted by atomic mass is 32.2. The Kier molecular flexibility index (Phi) is 8.22. The van der Waals surface area contributed by atoms with Crippen molar-refractivity contribution in [2.24, 2.45) is 0 Å². The van der Waals surface area contributed by atoms with Gasteiger partial charge in [-0.1, -0.05) is 0 Å². The molecule has 2 rings (SSSR count). The van der Waals surface area contributed by atoms with Crippen LogP contribution in [0.1, 0.15) is 24.2 Å². The van der Waals surface area contributed by atoms with Crippen LogP contribution < -0.4 is 10.0 Å². The second kappa shape index (κ2) is 10.6. The van der Waals surface area contributed by atoms with E-state index in [4.69, 9.17) is 9.47 Å². The maximum absolute atomic E-state index is 12.9. The standard InChI is InChI=1S/C20H21FN2O7S/c1-3-29-20(26)14-4-8-16(9-5-14)22-18(24)12-30-19(25)13(2)23-31(27,28)17-10-6-15(21)7-11-17/h4-11,13,23H,3,12H2,1-2H3,(H,22,24)/t13-/m0/s1. The molecule has 0 aromatic heterocycles. The minimum Gasteiger partial charge on any atom is -0.462 e. The van der Waals surface area contributed by atoms with Crippen molar-refractivity contribution in [1.29, 1.82) is 0 Å². The minimum absolute atomic E-state index is 0.224. The van der Waals surface area contributed by atoms with E-state index in [2.05, 4.69) is 10.0 Å². The third-order valence-corrected chi connectivity index (χ3v) is 5.39. The smallest absolute Gasteiger partial charge is 0.338 e. The third kappa shape index (κ3) is 7.15. The monoisotopic (exact) mass is 452 g/mol. The molecule has 1 atom stereocenters. The number of esters is 2. The van der Waals surface area contributed by atoms with Crippen LogP contribution in [0.2, 0.25) is 0 Å². The van der Waals surface area contributed by atoms with Gasteiger partial charge in [0.25, 0.3) is 5.91 Å². The number of sulfonamides is 1. The van der Waals surface area contributed by atoms with E-state index in [9.17, 15) is 27.2 Å². The van der Waals surface area contributed by atoms with Gasteiger partial charge in [0.05, 0.1) is 17.1 Å². The van der Waals surface area contributed by atoms with E-state index in [1.54, 1.807) is 6.92 Å². The van der Waals surface area contributed by atoms with Gasteiger partial charge in [-0.2, -0.15) is 4.72 Å². The lowest BCUT2D eigenvalue weighted by Gasteiger charge is -2.14. The molecule has 2 N–H and O–H groups in total. The molecule has 0 radical (unpaired) electrons. The molecular weight excluding hydrogens is 431 g/mol. The summed E-state index contributed by atoms with van der Waals surface area (Å²) in [4.78, 5) is 35.3. The SMILES string of the molecule is CCOC(=O)c1ccc(NC(=O)COC(=O)[C@H](C)NS(=O)(=O)c2ccc(F)cc2)cc1. The van der Waals surface area contributed by atoms with Crippen molar-refractivity contribution >= 4 is 33.6 Å². The predicted molar refractivity (Wildman–Crippen MR) is 108 cm³/mol. The van der Waals surface area contributed by atoms with Gasteiger partial charge in [-0.25, -0.2) is 17.6 Å². The fourth-order valence-electron chi connectivity index (χ4n) is 2.33. The Morgan fingerprint density at radius 1 is 1.00 bits per heavy atom. The largest absolute Gasteiger partial charge is 0.462 e. The van der Waals surface area contributed by atoms with Gasteiger partial charge in [-0.15, -0.1) is 0 Å². The average molecular weight is 452 g/mol. The summed E-state index contributed by atoms with van der Waals surface area (Å²) in [6.45, 7) is 2.51. The Morgan fingerprint density at radius 2 is 1.61 bits per heavy atom. The number of halogens is 1. The Labute approximate surface area is 178 Å². The van der Waals surface area contributed by atoms with Gasteiger partial charge < -0.3 is 14.8 Å². The second-order valence-electron chi connectivity index (χ2n) is 6.25. The quantitative estimate of drug-likeness (QED) is 0.556. The highest BCUT2D eigenvalue weighted by Gasteiger charge is 2.23. The van der Waals surface area contributed by atoms with E-state index in [0.29, 0.717) is 11.3 Å². The van der Waals surface area contributed by atoms with E-state index >= 15 is 0 Å². The molecule has 9 nitrogen and oxygen atoms in total. The van der Waals surface area contributed by atoms with Crippen LogP contribution in [0.25, 0.3) is 0 Å². The molecule has 11 heteroatoms. The van der Waals surface area contributed by atoms with Gasteiger partial charge in [0, 0.05) is 5.69 Å². The first-order valence-corrected chi connectivity index (χ1v) is 10.6. The number of ether oxygens (including phenoxy) is 2. The van der Waals surface area contributed by atoms with Crippen LogP contribution >= 0.6 is 0 Å². The number of carbonyl (C=O) groups is 3. The highest BCUT2D eigenvalue weighted by molar-refractivity contribution is 7.89. The molecule has 0 fully saturated rings. The normalized spacial score (nSPS) is 12.0. The van der Waals surface area contributed by atoms with E-state index in [0.717, 1.165) is 24.3 Å². The maximum atomic E-state index is 12.9. The Morgan fingerprint density at radius 3 is 2.19 bits per heavy atom. The van der Waals surface area contributed by atoms with Gasteiger partial charge in [-0.3, -0.25) is 9.59 Å². The van der Waals surface area contributed by atoms with E-state index in [-0.39, 0.29) is 11.5 Å². The Bertz CT molecular complexity index is 1040. The molecule has 0 bridgehead atoms. The topological polar surface area (TPSA) is 128 Å². The van der Waals surface area contributed by atoms with Crippen LogP contribution in [0.3, 0.4) is 0 Å². The third-order valence-electron chi connectivity index (χ3n) is 3.83. The van der Waals surface area contributed by atoms with Gasteiger partial charge in [0.2, 0.25) is 10.0 Å². The molecule has 0 saturated carbocycles. The zero-order valence-electron chi connectivity index (χ0n) is 16.8. The molecule has 2 aromatic carbocycles. The molecule has 31 heavy (non-hydrogen) atoms. The first-order valence-electron chi connectivity index (χ1n) is 9.14. The lowest BCUT2D eigenvalue weighted by atomic mass is 10.2. The van der Waals surface area contributed by atoms with Crippen LogP contribution in [0.4, 0.5) is 10.1 Å². The number of amides is 1. The van der Waals surface area contributed by atoms with E-state index in [1.807, 2.05) is 0 Å². The average Bonchev–Trinajstić information content (AvgIpc) is 2.72. The van der Waals surface area contributed by atoms with Crippen LogP contribution in [-0.2, 0) is 29.1 Å². The van der Waals surface area contributed by atoms with Crippen LogP contribution in [-0.4, -0.2) is 45.5 Å². The van der Waals surface area contributed by atoms with Crippen LogP contribution in [0.5, 0.6) is 0 Å². The fraction of sp³-hybridized carbons (Fsp3) is 0.250. The maximum Gasteiger partial charge on any atom is 0.338 e. The Hall–Kier alpha value is -3.31. The zero-order valence-corrected chi connectivity index (χ0v) is 17.6. The lowest BCUT2D eigenvalue weighted by molar-refractivity contribution is -0.148. The van der Waals surface area contributed by atoms with Gasteiger partial charge in [0.15, 0.2) is 6.61 Å². The summed E-state index contributed by atoms with van der Waals surface area (Å²) >= 11 is 0. The van der Waals surface area contributed by atoms with Crippen LogP contribution in [0, 0.1) is 5.82 Å². The van der Waals surface area contributed by atoms with Crippen molar-refractivity contribution < 1.29 is 36.7 Å². The van der Waals surface area contributed by atoms with Crippen molar-refractivity contribution in [3.63, 3.8) is 0 Å². The molecule has 0 unspecified atom stereocenters. The molecule has 0 spiro atoms. The number of nitrogens with one attached hydrogen (secondary N) is 2. The number of hydrogen-bond acceptors (Lipinski definition) is 7.